The zero-order valence-electron chi connectivity index (χ0n) is 9.99. The standard InChI is InChI=1S/C15H11FN2O/c16-12-9-17-8-7-11(12)15(19)14-6-5-10-3-1-2-4-13(10)18-14/h1-9,15,19H. The van der Waals surface area contributed by atoms with Gasteiger partial charge in [-0.1, -0.05) is 24.3 Å². The Hall–Kier alpha value is -2.33. The van der Waals surface area contributed by atoms with Gasteiger partial charge in [-0.15, -0.1) is 0 Å². The van der Waals surface area contributed by atoms with Crippen LogP contribution in [0.25, 0.3) is 10.9 Å². The summed E-state index contributed by atoms with van der Waals surface area (Å²) in [6.07, 6.45) is 1.44. The highest BCUT2D eigenvalue weighted by molar-refractivity contribution is 5.78. The molecule has 0 radical (unpaired) electrons. The number of benzene rings is 1. The molecule has 0 bridgehead atoms. The third kappa shape index (κ3) is 2.18. The summed E-state index contributed by atoms with van der Waals surface area (Å²) < 4.78 is 13.6. The number of rotatable bonds is 2. The van der Waals surface area contributed by atoms with E-state index in [2.05, 4.69) is 9.97 Å². The summed E-state index contributed by atoms with van der Waals surface area (Å²) in [6, 6.07) is 12.6. The Morgan fingerprint density at radius 1 is 1.05 bits per heavy atom. The van der Waals surface area contributed by atoms with Gasteiger partial charge in [0.05, 0.1) is 17.4 Å². The van der Waals surface area contributed by atoms with Crippen LogP contribution in [-0.2, 0) is 0 Å². The van der Waals surface area contributed by atoms with Crippen LogP contribution < -0.4 is 0 Å². The second-order valence-corrected chi connectivity index (χ2v) is 4.23. The number of aliphatic hydroxyl groups is 1. The third-order valence-electron chi connectivity index (χ3n) is 3.00. The number of nitrogens with zero attached hydrogens (tertiary/aromatic N) is 2. The van der Waals surface area contributed by atoms with Crippen molar-refractivity contribution in [1.29, 1.82) is 0 Å². The molecular formula is C15H11FN2O. The first-order valence-corrected chi connectivity index (χ1v) is 5.89. The first kappa shape index (κ1) is 11.7. The molecule has 0 aliphatic rings. The van der Waals surface area contributed by atoms with Gasteiger partial charge < -0.3 is 5.11 Å². The van der Waals surface area contributed by atoms with Gasteiger partial charge in [-0.25, -0.2) is 9.37 Å². The van der Waals surface area contributed by atoms with Crippen molar-refractivity contribution in [3.05, 3.63) is 71.9 Å². The van der Waals surface area contributed by atoms with Gasteiger partial charge in [-0.05, 0) is 18.2 Å². The van der Waals surface area contributed by atoms with Crippen molar-refractivity contribution < 1.29 is 9.50 Å². The van der Waals surface area contributed by atoms with E-state index in [0.29, 0.717) is 5.69 Å². The number of aliphatic hydroxyl groups excluding tert-OH is 1. The van der Waals surface area contributed by atoms with Crippen LogP contribution >= 0.6 is 0 Å². The Bertz CT molecular complexity index is 730. The minimum atomic E-state index is -1.09. The fourth-order valence-corrected chi connectivity index (χ4v) is 2.00. The number of fused-ring (bicyclic) bond motifs is 1. The molecule has 3 nitrogen and oxygen atoms in total. The van der Waals surface area contributed by atoms with Gasteiger partial charge in [-0.2, -0.15) is 0 Å². The molecule has 2 heterocycles. The molecule has 2 aromatic heterocycles. The minimum Gasteiger partial charge on any atom is -0.382 e. The highest BCUT2D eigenvalue weighted by Crippen LogP contribution is 2.24. The molecule has 1 unspecified atom stereocenters. The van der Waals surface area contributed by atoms with E-state index in [1.165, 1.54) is 12.3 Å². The number of hydrogen-bond acceptors (Lipinski definition) is 3. The summed E-state index contributed by atoms with van der Waals surface area (Å²) in [7, 11) is 0. The summed E-state index contributed by atoms with van der Waals surface area (Å²) in [5.74, 6) is -0.537. The lowest BCUT2D eigenvalue weighted by Gasteiger charge is -2.11. The molecule has 94 valence electrons. The summed E-state index contributed by atoms with van der Waals surface area (Å²) in [5.41, 5.74) is 1.37. The summed E-state index contributed by atoms with van der Waals surface area (Å²) in [4.78, 5) is 8.02. The van der Waals surface area contributed by atoms with Crippen LogP contribution in [0.5, 0.6) is 0 Å². The smallest absolute Gasteiger partial charge is 0.147 e. The number of halogens is 1. The van der Waals surface area contributed by atoms with Crippen molar-refractivity contribution >= 4 is 10.9 Å². The predicted molar refractivity (Wildman–Crippen MR) is 70.0 cm³/mol. The lowest BCUT2D eigenvalue weighted by molar-refractivity contribution is 0.210. The fourth-order valence-electron chi connectivity index (χ4n) is 2.00. The average Bonchev–Trinajstić information content (AvgIpc) is 2.46. The third-order valence-corrected chi connectivity index (χ3v) is 3.00. The van der Waals surface area contributed by atoms with E-state index in [0.717, 1.165) is 17.1 Å². The molecule has 4 heteroatoms. The molecule has 0 fully saturated rings. The van der Waals surface area contributed by atoms with Crippen molar-refractivity contribution in [2.24, 2.45) is 0 Å². The summed E-state index contributed by atoms with van der Waals surface area (Å²) in [5, 5.41) is 11.2. The molecule has 0 aliphatic heterocycles. The maximum atomic E-state index is 13.6. The number of aromatic nitrogens is 2. The molecule has 1 N–H and O–H groups in total. The van der Waals surface area contributed by atoms with Crippen LogP contribution in [0, 0.1) is 5.82 Å². The van der Waals surface area contributed by atoms with E-state index in [9.17, 15) is 9.50 Å². The van der Waals surface area contributed by atoms with Crippen LogP contribution in [0.1, 0.15) is 17.4 Å². The average molecular weight is 254 g/mol. The van der Waals surface area contributed by atoms with Crippen LogP contribution in [0.4, 0.5) is 4.39 Å². The topological polar surface area (TPSA) is 46.0 Å². The highest BCUT2D eigenvalue weighted by atomic mass is 19.1. The molecular weight excluding hydrogens is 243 g/mol. The molecule has 1 atom stereocenters. The van der Waals surface area contributed by atoms with E-state index in [1.807, 2.05) is 30.3 Å². The van der Waals surface area contributed by atoms with Crippen molar-refractivity contribution in [2.45, 2.75) is 6.10 Å². The Labute approximate surface area is 109 Å². The second kappa shape index (κ2) is 4.74. The maximum absolute atomic E-state index is 13.6. The molecule has 3 aromatic rings. The lowest BCUT2D eigenvalue weighted by Crippen LogP contribution is -2.05. The molecule has 1 aromatic carbocycles. The van der Waals surface area contributed by atoms with E-state index < -0.39 is 11.9 Å². The number of hydrogen-bond donors (Lipinski definition) is 1. The number of pyridine rings is 2. The predicted octanol–water partition coefficient (Wildman–Crippen LogP) is 2.85. The highest BCUT2D eigenvalue weighted by Gasteiger charge is 2.16. The molecule has 19 heavy (non-hydrogen) atoms. The van der Waals surface area contributed by atoms with Crippen molar-refractivity contribution in [3.63, 3.8) is 0 Å². The van der Waals surface area contributed by atoms with Crippen LogP contribution in [0.15, 0.2) is 54.9 Å². The molecule has 0 aliphatic carbocycles. The molecule has 3 rings (SSSR count). The van der Waals surface area contributed by atoms with Gasteiger partial charge in [0.2, 0.25) is 0 Å². The normalized spacial score (nSPS) is 12.5. The van der Waals surface area contributed by atoms with Gasteiger partial charge in [0.1, 0.15) is 11.9 Å². The van der Waals surface area contributed by atoms with E-state index >= 15 is 0 Å². The van der Waals surface area contributed by atoms with Gasteiger partial charge in [0, 0.05) is 17.1 Å². The van der Waals surface area contributed by atoms with Crippen LogP contribution in [-0.4, -0.2) is 15.1 Å². The Balaban J connectivity index is 2.07. The lowest BCUT2D eigenvalue weighted by atomic mass is 10.1. The van der Waals surface area contributed by atoms with Crippen molar-refractivity contribution in [1.82, 2.24) is 9.97 Å². The van der Waals surface area contributed by atoms with Crippen molar-refractivity contribution in [2.75, 3.05) is 0 Å². The van der Waals surface area contributed by atoms with Gasteiger partial charge in [-0.3, -0.25) is 4.98 Å². The van der Waals surface area contributed by atoms with Gasteiger partial charge in [0.15, 0.2) is 0 Å². The first-order chi connectivity index (χ1) is 9.25. The Morgan fingerprint density at radius 3 is 2.74 bits per heavy atom. The van der Waals surface area contributed by atoms with Crippen LogP contribution in [0.2, 0.25) is 0 Å². The summed E-state index contributed by atoms with van der Waals surface area (Å²) in [6.45, 7) is 0. The largest absolute Gasteiger partial charge is 0.382 e. The monoisotopic (exact) mass is 254 g/mol. The zero-order chi connectivity index (χ0) is 13.2. The first-order valence-electron chi connectivity index (χ1n) is 5.89. The zero-order valence-corrected chi connectivity index (χ0v) is 9.99. The van der Waals surface area contributed by atoms with Crippen LogP contribution in [0.3, 0.4) is 0 Å². The van der Waals surface area contributed by atoms with E-state index in [4.69, 9.17) is 0 Å². The molecule has 0 amide bonds. The summed E-state index contributed by atoms with van der Waals surface area (Å²) >= 11 is 0. The maximum Gasteiger partial charge on any atom is 0.147 e. The molecule has 0 spiro atoms. The molecule has 0 saturated heterocycles. The Morgan fingerprint density at radius 2 is 1.89 bits per heavy atom. The fraction of sp³-hybridized carbons (Fsp3) is 0.0667. The SMILES string of the molecule is OC(c1ccc2ccccc2n1)c1ccncc1F. The van der Waals surface area contributed by atoms with E-state index in [1.54, 1.807) is 6.07 Å². The van der Waals surface area contributed by atoms with Gasteiger partial charge in [0.25, 0.3) is 0 Å². The molecule has 0 saturated carbocycles. The van der Waals surface area contributed by atoms with Crippen molar-refractivity contribution in [3.8, 4) is 0 Å². The quantitative estimate of drug-likeness (QED) is 0.764. The Kier molecular flexibility index (Phi) is 2.93. The minimum absolute atomic E-state index is 0.179. The number of para-hydroxylation sites is 1. The second-order valence-electron chi connectivity index (χ2n) is 4.23. The van der Waals surface area contributed by atoms with Gasteiger partial charge >= 0.3 is 0 Å². The van der Waals surface area contributed by atoms with E-state index in [-0.39, 0.29) is 5.56 Å².